The highest BCUT2D eigenvalue weighted by Crippen LogP contribution is 2.79. The molecule has 1 saturated heterocycles. The predicted molar refractivity (Wildman–Crippen MR) is 195 cm³/mol. The molecule has 9 rings (SSSR count). The third-order valence-electron chi connectivity index (χ3n) is 18.4. The summed E-state index contributed by atoms with van der Waals surface area (Å²) < 4.78 is 13.7. The van der Waals surface area contributed by atoms with Crippen LogP contribution in [-0.4, -0.2) is 38.5 Å². The van der Waals surface area contributed by atoms with Gasteiger partial charge in [-0.25, -0.2) is 9.37 Å². The summed E-state index contributed by atoms with van der Waals surface area (Å²) in [6, 6.07) is 6.56. The van der Waals surface area contributed by atoms with Crippen LogP contribution in [0.3, 0.4) is 0 Å². The molecular formula is C44H62FN3O2. The lowest BCUT2D eigenvalue weighted by molar-refractivity contribution is -0.249. The summed E-state index contributed by atoms with van der Waals surface area (Å²) in [7, 11) is 0. The van der Waals surface area contributed by atoms with Crippen LogP contribution in [0.2, 0.25) is 0 Å². The van der Waals surface area contributed by atoms with Gasteiger partial charge in [0, 0.05) is 6.54 Å². The summed E-state index contributed by atoms with van der Waals surface area (Å²) in [5.74, 6) is 4.01. The monoisotopic (exact) mass is 683 g/mol. The summed E-state index contributed by atoms with van der Waals surface area (Å²) in [5.41, 5.74) is 2.65. The van der Waals surface area contributed by atoms with Gasteiger partial charge in [0.15, 0.2) is 0 Å². The van der Waals surface area contributed by atoms with Gasteiger partial charge in [-0.05, 0) is 176 Å². The quantitative estimate of drug-likeness (QED) is 0.337. The highest BCUT2D eigenvalue weighted by molar-refractivity contribution is 5.84. The topological polar surface area (TPSA) is 69.2 Å². The van der Waals surface area contributed by atoms with E-state index in [-0.39, 0.29) is 45.0 Å². The second-order valence-corrected chi connectivity index (χ2v) is 20.4. The van der Waals surface area contributed by atoms with E-state index < -0.39 is 0 Å². The maximum atomic E-state index is 15.5. The first-order valence-corrected chi connectivity index (χ1v) is 20.5. The fourth-order valence-corrected chi connectivity index (χ4v) is 15.2. The van der Waals surface area contributed by atoms with E-state index in [0.717, 1.165) is 68.6 Å². The zero-order chi connectivity index (χ0) is 35.1. The molecule has 1 aromatic heterocycles. The van der Waals surface area contributed by atoms with Gasteiger partial charge in [0.05, 0.1) is 29.5 Å². The van der Waals surface area contributed by atoms with E-state index in [1.165, 1.54) is 57.1 Å². The second kappa shape index (κ2) is 10.9. The fraction of sp³-hybridized carbons (Fsp3) is 0.773. The zero-order valence-corrected chi connectivity index (χ0v) is 31.7. The Hall–Kier alpha value is -2.21. The number of aromatic nitrogens is 2. The normalized spacial score (nSPS) is 45.7. The van der Waals surface area contributed by atoms with E-state index in [2.05, 4.69) is 51.4 Å². The van der Waals surface area contributed by atoms with Crippen molar-refractivity contribution in [2.75, 3.05) is 6.54 Å². The first-order valence-electron chi connectivity index (χ1n) is 20.5. The maximum absolute atomic E-state index is 15.5. The lowest BCUT2D eigenvalue weighted by Gasteiger charge is -2.73. The van der Waals surface area contributed by atoms with Gasteiger partial charge in [-0.2, -0.15) is 0 Å². The Morgan fingerprint density at radius 1 is 0.820 bits per heavy atom. The lowest BCUT2D eigenvalue weighted by atomic mass is 9.32. The van der Waals surface area contributed by atoms with Gasteiger partial charge in [-0.1, -0.05) is 41.5 Å². The number of rotatable bonds is 4. The molecule has 1 amide bonds. The number of aliphatic hydroxyl groups is 1. The van der Waals surface area contributed by atoms with Crippen molar-refractivity contribution in [1.82, 2.24) is 14.9 Å². The Morgan fingerprint density at radius 3 is 2.32 bits per heavy atom. The third-order valence-corrected chi connectivity index (χ3v) is 18.4. The van der Waals surface area contributed by atoms with E-state index in [9.17, 15) is 9.50 Å². The number of carbonyl (C=O) groups is 1. The number of halogens is 1. The van der Waals surface area contributed by atoms with Gasteiger partial charge >= 0.3 is 0 Å². The molecule has 50 heavy (non-hydrogen) atoms. The van der Waals surface area contributed by atoms with Gasteiger partial charge in [0.25, 0.3) is 0 Å². The van der Waals surface area contributed by atoms with Gasteiger partial charge in [0.2, 0.25) is 5.91 Å². The number of benzene rings is 1. The molecule has 11 atom stereocenters. The van der Waals surface area contributed by atoms with Crippen LogP contribution in [0.25, 0.3) is 11.3 Å². The van der Waals surface area contributed by atoms with Crippen molar-refractivity contribution in [3.8, 4) is 11.3 Å². The van der Waals surface area contributed by atoms with Crippen LogP contribution in [0.4, 0.5) is 4.39 Å². The molecule has 2 unspecified atom stereocenters. The number of hydrogen-bond donors (Lipinski definition) is 2. The van der Waals surface area contributed by atoms with Crippen molar-refractivity contribution in [2.45, 2.75) is 144 Å². The SMILES string of the molecule is CC1([C@@H]2CC[C@]3(C(=O)N4CCCC4c4ncc(-c5ccc(F)cc5)[nH]4)CC[C@]4(C)[C@H](CC[C@@H]5[C@@]6(C)CC[C@H](O)C(C)(C)[C@@H]6CC[C@]54C)C23)CC1. The first-order chi connectivity index (χ1) is 23.7. The summed E-state index contributed by atoms with van der Waals surface area (Å²) in [6.45, 7) is 16.1. The number of hydrogen-bond acceptors (Lipinski definition) is 3. The molecule has 1 aliphatic heterocycles. The molecule has 7 aliphatic rings. The molecule has 2 aromatic rings. The third kappa shape index (κ3) is 4.38. The van der Waals surface area contributed by atoms with Gasteiger partial charge in [-0.15, -0.1) is 0 Å². The van der Waals surface area contributed by atoms with Crippen molar-refractivity contribution >= 4 is 5.91 Å². The van der Waals surface area contributed by atoms with Gasteiger partial charge < -0.3 is 15.0 Å². The molecule has 2 heterocycles. The van der Waals surface area contributed by atoms with E-state index in [1.54, 1.807) is 12.1 Å². The minimum atomic E-state index is -0.267. The molecule has 5 nitrogen and oxygen atoms in total. The molecule has 0 bridgehead atoms. The van der Waals surface area contributed by atoms with Gasteiger partial charge in [0.1, 0.15) is 11.6 Å². The number of nitrogens with one attached hydrogen (secondary N) is 1. The largest absolute Gasteiger partial charge is 0.393 e. The number of aromatic amines is 1. The smallest absolute Gasteiger partial charge is 0.229 e. The van der Waals surface area contributed by atoms with Crippen LogP contribution >= 0.6 is 0 Å². The number of nitrogens with zero attached hydrogens (tertiary/aromatic N) is 2. The number of aliphatic hydroxyl groups excluding tert-OH is 1. The highest BCUT2D eigenvalue weighted by Gasteiger charge is 2.73. The number of imidazole rings is 1. The second-order valence-electron chi connectivity index (χ2n) is 20.4. The number of amides is 1. The minimum absolute atomic E-state index is 0.0240. The summed E-state index contributed by atoms with van der Waals surface area (Å²) >= 11 is 0. The summed E-state index contributed by atoms with van der Waals surface area (Å²) in [6.07, 6.45) is 17.8. The number of likely N-dealkylation sites (tertiary alicyclic amines) is 1. The molecule has 0 spiro atoms. The van der Waals surface area contributed by atoms with Crippen molar-refractivity contribution in [1.29, 1.82) is 0 Å². The Balaban J connectivity index is 1.05. The lowest BCUT2D eigenvalue weighted by Crippen LogP contribution is -2.67. The standard InChI is InChI=1S/C44H62FN3O2/c1-39(2)33-16-19-43(6)34(41(33,4)18-17-35(39)49)14-13-30-36-29(40(3)21-22-40)15-20-44(36,24-23-42(30,43)5)38(50)48-25-7-8-32(48)37-46-26-31(47-37)27-9-11-28(45)12-10-27/h9-12,26,29-30,32-36,49H,7-8,13-25H2,1-6H3,(H,46,47)/t29-,30-,32?,33+,34-,35+,36?,41+,42-,43-,44+/m1/s1. The van der Waals surface area contributed by atoms with Crippen LogP contribution in [0.15, 0.2) is 30.5 Å². The number of H-pyrrole nitrogens is 1. The van der Waals surface area contributed by atoms with E-state index in [1.807, 2.05) is 6.20 Å². The summed E-state index contributed by atoms with van der Waals surface area (Å²) in [5, 5.41) is 11.2. The molecular weight excluding hydrogens is 622 g/mol. The van der Waals surface area contributed by atoms with Crippen LogP contribution in [-0.2, 0) is 4.79 Å². The predicted octanol–water partition coefficient (Wildman–Crippen LogP) is 10.1. The van der Waals surface area contributed by atoms with E-state index >= 15 is 4.79 Å². The van der Waals surface area contributed by atoms with Crippen molar-refractivity contribution in [2.24, 2.45) is 62.1 Å². The molecule has 7 fully saturated rings. The molecule has 272 valence electrons. The molecule has 1 aromatic carbocycles. The highest BCUT2D eigenvalue weighted by atomic mass is 19.1. The summed E-state index contributed by atoms with van der Waals surface area (Å²) in [4.78, 5) is 26.2. The van der Waals surface area contributed by atoms with Crippen LogP contribution in [0.1, 0.15) is 143 Å². The Labute approximate surface area is 300 Å². The van der Waals surface area contributed by atoms with E-state index in [4.69, 9.17) is 4.98 Å². The fourth-order valence-electron chi connectivity index (χ4n) is 15.2. The van der Waals surface area contributed by atoms with Crippen molar-refractivity contribution < 1.29 is 14.3 Å². The van der Waals surface area contributed by atoms with Crippen LogP contribution in [0, 0.1) is 67.9 Å². The minimum Gasteiger partial charge on any atom is -0.393 e. The number of fused-ring (bicyclic) bond motifs is 7. The average molecular weight is 684 g/mol. The maximum Gasteiger partial charge on any atom is 0.229 e. The number of carbonyl (C=O) groups excluding carboxylic acids is 1. The molecule has 0 radical (unpaired) electrons. The molecule has 6 aliphatic carbocycles. The zero-order valence-electron chi connectivity index (χ0n) is 31.7. The first kappa shape index (κ1) is 33.6. The van der Waals surface area contributed by atoms with Crippen molar-refractivity contribution in [3.63, 3.8) is 0 Å². The Morgan fingerprint density at radius 2 is 1.58 bits per heavy atom. The van der Waals surface area contributed by atoms with Crippen molar-refractivity contribution in [3.05, 3.63) is 42.1 Å². The Bertz CT molecular complexity index is 1660. The molecule has 2 N–H and O–H groups in total. The van der Waals surface area contributed by atoms with Gasteiger partial charge in [-0.3, -0.25) is 4.79 Å². The molecule has 6 saturated carbocycles. The molecule has 6 heteroatoms. The van der Waals surface area contributed by atoms with Crippen LogP contribution < -0.4 is 0 Å². The van der Waals surface area contributed by atoms with E-state index in [0.29, 0.717) is 40.9 Å². The van der Waals surface area contributed by atoms with Crippen LogP contribution in [0.5, 0.6) is 0 Å². The Kier molecular flexibility index (Phi) is 7.34. The average Bonchev–Trinajstić information content (AvgIpc) is 3.48.